The highest BCUT2D eigenvalue weighted by atomic mass is 15.1. The van der Waals surface area contributed by atoms with Crippen LogP contribution in [0.25, 0.3) is 0 Å². The molecule has 0 N–H and O–H groups in total. The predicted octanol–water partition coefficient (Wildman–Crippen LogP) is 2.74. The standard InChI is InChI=1S/C14H17N3/c1-11-13(12(9-15)10-16)5-6-14(11)17-7-3-2-4-8-17/h6,11H,2-5,7-8H2,1H3. The third-order valence-corrected chi connectivity index (χ3v) is 3.76. The Morgan fingerprint density at radius 2 is 1.88 bits per heavy atom. The van der Waals surface area contributed by atoms with Crippen molar-refractivity contribution < 1.29 is 0 Å². The summed E-state index contributed by atoms with van der Waals surface area (Å²) in [6.45, 7) is 4.35. The van der Waals surface area contributed by atoms with Crippen molar-refractivity contribution in [3.8, 4) is 12.1 Å². The first kappa shape index (κ1) is 11.7. The highest BCUT2D eigenvalue weighted by molar-refractivity contribution is 5.46. The molecule has 0 bridgehead atoms. The van der Waals surface area contributed by atoms with Crippen LogP contribution >= 0.6 is 0 Å². The van der Waals surface area contributed by atoms with Crippen molar-refractivity contribution in [3.63, 3.8) is 0 Å². The zero-order valence-corrected chi connectivity index (χ0v) is 10.2. The van der Waals surface area contributed by atoms with Gasteiger partial charge in [0.1, 0.15) is 17.7 Å². The molecule has 0 saturated carbocycles. The second-order valence-corrected chi connectivity index (χ2v) is 4.73. The Labute approximate surface area is 103 Å². The Balaban J connectivity index is 2.17. The number of hydrogen-bond donors (Lipinski definition) is 0. The molecule has 0 radical (unpaired) electrons. The molecule has 0 aromatic rings. The van der Waals surface area contributed by atoms with E-state index < -0.39 is 0 Å². The fourth-order valence-corrected chi connectivity index (χ4v) is 2.79. The van der Waals surface area contributed by atoms with E-state index in [2.05, 4.69) is 17.9 Å². The molecule has 0 aromatic heterocycles. The molecule has 1 aliphatic carbocycles. The van der Waals surface area contributed by atoms with Crippen molar-refractivity contribution in [2.45, 2.75) is 32.6 Å². The summed E-state index contributed by atoms with van der Waals surface area (Å²) >= 11 is 0. The van der Waals surface area contributed by atoms with E-state index in [1.54, 1.807) is 0 Å². The Morgan fingerprint density at radius 1 is 1.24 bits per heavy atom. The lowest BCUT2D eigenvalue weighted by molar-refractivity contribution is 0.269. The molecule has 2 rings (SSSR count). The molecule has 1 heterocycles. The summed E-state index contributed by atoms with van der Waals surface area (Å²) < 4.78 is 0. The van der Waals surface area contributed by atoms with Crippen LogP contribution in [0.1, 0.15) is 32.6 Å². The van der Waals surface area contributed by atoms with Crippen molar-refractivity contribution in [3.05, 3.63) is 22.9 Å². The Bertz CT molecular complexity index is 423. The van der Waals surface area contributed by atoms with Gasteiger partial charge < -0.3 is 4.90 Å². The Kier molecular flexibility index (Phi) is 3.49. The molecule has 1 saturated heterocycles. The van der Waals surface area contributed by atoms with Gasteiger partial charge in [-0.3, -0.25) is 0 Å². The number of nitrogens with zero attached hydrogens (tertiary/aromatic N) is 3. The van der Waals surface area contributed by atoms with Crippen LogP contribution < -0.4 is 0 Å². The highest BCUT2D eigenvalue weighted by Crippen LogP contribution is 2.36. The van der Waals surface area contributed by atoms with Gasteiger partial charge in [0.05, 0.1) is 0 Å². The lowest BCUT2D eigenvalue weighted by Gasteiger charge is -2.32. The van der Waals surface area contributed by atoms with Crippen LogP contribution in [0.15, 0.2) is 22.9 Å². The molecule has 17 heavy (non-hydrogen) atoms. The van der Waals surface area contributed by atoms with Gasteiger partial charge >= 0.3 is 0 Å². The summed E-state index contributed by atoms with van der Waals surface area (Å²) in [6.07, 6.45) is 6.80. The van der Waals surface area contributed by atoms with Gasteiger partial charge in [-0.1, -0.05) is 13.0 Å². The fourth-order valence-electron chi connectivity index (χ4n) is 2.79. The van der Waals surface area contributed by atoms with Gasteiger partial charge in [-0.25, -0.2) is 0 Å². The average Bonchev–Trinajstić information content (AvgIpc) is 2.75. The highest BCUT2D eigenvalue weighted by Gasteiger charge is 2.27. The number of allylic oxidation sites excluding steroid dienone is 3. The SMILES string of the molecule is CC1C(N2CCCCC2)=CCC1=C(C#N)C#N. The number of rotatable bonds is 1. The molecule has 0 spiro atoms. The molecule has 0 aromatic carbocycles. The van der Waals surface area contributed by atoms with Crippen molar-refractivity contribution in [2.75, 3.05) is 13.1 Å². The molecule has 0 amide bonds. The summed E-state index contributed by atoms with van der Waals surface area (Å²) in [5, 5.41) is 17.9. The molecular formula is C14H17N3. The van der Waals surface area contributed by atoms with Crippen LogP contribution in [-0.2, 0) is 0 Å². The van der Waals surface area contributed by atoms with Gasteiger partial charge in [-0.15, -0.1) is 0 Å². The smallest absolute Gasteiger partial charge is 0.129 e. The number of piperidine rings is 1. The molecule has 2 aliphatic rings. The monoisotopic (exact) mass is 227 g/mol. The molecule has 1 fully saturated rings. The largest absolute Gasteiger partial charge is 0.375 e. The van der Waals surface area contributed by atoms with Gasteiger partial charge in [-0.2, -0.15) is 10.5 Å². The first-order valence-corrected chi connectivity index (χ1v) is 6.26. The minimum atomic E-state index is 0.238. The van der Waals surface area contributed by atoms with Gasteiger partial charge in [-0.05, 0) is 31.3 Å². The van der Waals surface area contributed by atoms with Gasteiger partial charge in [0.25, 0.3) is 0 Å². The summed E-state index contributed by atoms with van der Waals surface area (Å²) in [6, 6.07) is 4.03. The molecule has 1 unspecified atom stereocenters. The fraction of sp³-hybridized carbons (Fsp3) is 0.571. The minimum absolute atomic E-state index is 0.238. The summed E-state index contributed by atoms with van der Waals surface area (Å²) in [7, 11) is 0. The van der Waals surface area contributed by atoms with E-state index in [4.69, 9.17) is 10.5 Å². The van der Waals surface area contributed by atoms with Crippen molar-refractivity contribution in [1.29, 1.82) is 10.5 Å². The minimum Gasteiger partial charge on any atom is -0.375 e. The lowest BCUT2D eigenvalue weighted by Crippen LogP contribution is -2.30. The lowest BCUT2D eigenvalue weighted by atomic mass is 9.97. The second-order valence-electron chi connectivity index (χ2n) is 4.73. The van der Waals surface area contributed by atoms with Crippen LogP contribution in [0.5, 0.6) is 0 Å². The summed E-state index contributed by atoms with van der Waals surface area (Å²) in [4.78, 5) is 2.42. The molecular weight excluding hydrogens is 210 g/mol. The first-order chi connectivity index (χ1) is 8.27. The van der Waals surface area contributed by atoms with E-state index in [1.165, 1.54) is 25.0 Å². The maximum Gasteiger partial charge on any atom is 0.129 e. The van der Waals surface area contributed by atoms with Crippen LogP contribution in [0.2, 0.25) is 0 Å². The van der Waals surface area contributed by atoms with Crippen molar-refractivity contribution >= 4 is 0 Å². The topological polar surface area (TPSA) is 50.8 Å². The van der Waals surface area contributed by atoms with E-state index >= 15 is 0 Å². The van der Waals surface area contributed by atoms with E-state index in [-0.39, 0.29) is 5.92 Å². The molecule has 3 nitrogen and oxygen atoms in total. The normalized spacial score (nSPS) is 23.9. The second kappa shape index (κ2) is 5.06. The third-order valence-electron chi connectivity index (χ3n) is 3.76. The zero-order valence-electron chi connectivity index (χ0n) is 10.2. The number of hydrogen-bond acceptors (Lipinski definition) is 3. The molecule has 3 heteroatoms. The van der Waals surface area contributed by atoms with Crippen molar-refractivity contribution in [1.82, 2.24) is 4.90 Å². The first-order valence-electron chi connectivity index (χ1n) is 6.26. The Hall–Kier alpha value is -1.74. The van der Waals surface area contributed by atoms with Gasteiger partial charge in [0.2, 0.25) is 0 Å². The maximum atomic E-state index is 8.93. The van der Waals surface area contributed by atoms with Crippen LogP contribution in [0.4, 0.5) is 0 Å². The quantitative estimate of drug-likeness (QED) is 0.647. The average molecular weight is 227 g/mol. The molecule has 88 valence electrons. The van der Waals surface area contributed by atoms with E-state index in [0.29, 0.717) is 5.57 Å². The molecule has 1 atom stereocenters. The number of nitriles is 2. The predicted molar refractivity (Wildman–Crippen MR) is 65.5 cm³/mol. The van der Waals surface area contributed by atoms with Gasteiger partial charge in [0.15, 0.2) is 0 Å². The van der Waals surface area contributed by atoms with E-state index in [9.17, 15) is 0 Å². The van der Waals surface area contributed by atoms with Crippen LogP contribution in [0.3, 0.4) is 0 Å². The zero-order chi connectivity index (χ0) is 12.3. The van der Waals surface area contributed by atoms with E-state index in [1.807, 2.05) is 12.1 Å². The summed E-state index contributed by atoms with van der Waals surface area (Å²) in [5.74, 6) is 0.238. The maximum absolute atomic E-state index is 8.93. The van der Waals surface area contributed by atoms with Crippen LogP contribution in [0, 0.1) is 28.6 Å². The van der Waals surface area contributed by atoms with Crippen LogP contribution in [-0.4, -0.2) is 18.0 Å². The van der Waals surface area contributed by atoms with Crippen molar-refractivity contribution in [2.24, 2.45) is 5.92 Å². The van der Waals surface area contributed by atoms with Gasteiger partial charge in [0, 0.05) is 24.7 Å². The van der Waals surface area contributed by atoms with E-state index in [0.717, 1.165) is 25.1 Å². The third kappa shape index (κ3) is 2.19. The number of likely N-dealkylation sites (tertiary alicyclic amines) is 1. The molecule has 1 aliphatic heterocycles. The summed E-state index contributed by atoms with van der Waals surface area (Å²) in [5.41, 5.74) is 2.62. The Morgan fingerprint density at radius 3 is 2.47 bits per heavy atom.